The van der Waals surface area contributed by atoms with Gasteiger partial charge in [0.2, 0.25) is 0 Å². The van der Waals surface area contributed by atoms with Gasteiger partial charge in [0, 0.05) is 0 Å². The highest BCUT2D eigenvalue weighted by Crippen LogP contribution is 2.41. The summed E-state index contributed by atoms with van der Waals surface area (Å²) >= 11 is 0. The van der Waals surface area contributed by atoms with Crippen molar-refractivity contribution in [3.05, 3.63) is 113 Å². The molecule has 2 aliphatic carbocycles. The van der Waals surface area contributed by atoms with Crippen LogP contribution in [0.25, 0.3) is 17.2 Å². The quantitative estimate of drug-likeness (QED) is 0.184. The molecule has 2 nitrogen and oxygen atoms in total. The third kappa shape index (κ3) is 7.40. The average Bonchev–Trinajstić information content (AvgIpc) is 3.36. The van der Waals surface area contributed by atoms with Crippen LogP contribution in [0.5, 0.6) is 11.5 Å². The molecular weight excluding hydrogens is 526 g/mol. The van der Waals surface area contributed by atoms with E-state index in [1.807, 2.05) is 36.4 Å². The highest BCUT2D eigenvalue weighted by Gasteiger charge is 2.23. The molecule has 0 amide bonds. The monoisotopic (exact) mass is 568 g/mol. The van der Waals surface area contributed by atoms with Crippen LogP contribution in [0.15, 0.2) is 85.0 Å². The maximum Gasteiger partial charge on any atom is 0.259 e. The highest BCUT2D eigenvalue weighted by atomic mass is 19.1. The standard InChI is InChI=1S/C38H42F2O2/c1-26(2)38(40)42-34-20-17-30(18-21-34)35-8-5-7-32-25-33(41)19-22-36(32)37(35)31-15-13-27(14-16-31)9-10-29-12-11-28(24-29)6-3-4-23-39/h9-10,13-22,25,28-29,38,41H,1,3-8,11-12,23-24H2,2H3/b10-9+. The molecule has 0 bridgehead atoms. The van der Waals surface area contributed by atoms with Crippen molar-refractivity contribution < 1.29 is 18.6 Å². The van der Waals surface area contributed by atoms with Crippen LogP contribution in [0.2, 0.25) is 0 Å². The third-order valence-electron chi connectivity index (χ3n) is 8.70. The Morgan fingerprint density at radius 1 is 1.00 bits per heavy atom. The predicted molar refractivity (Wildman–Crippen MR) is 170 cm³/mol. The fourth-order valence-electron chi connectivity index (χ4n) is 6.43. The number of hydrogen-bond donors (Lipinski definition) is 1. The number of hydrogen-bond acceptors (Lipinski definition) is 2. The lowest BCUT2D eigenvalue weighted by atomic mass is 9.87. The molecule has 1 N–H and O–H groups in total. The number of unbranched alkanes of at least 4 members (excludes halogenated alkanes) is 1. The van der Waals surface area contributed by atoms with Gasteiger partial charge in [0.25, 0.3) is 6.36 Å². The van der Waals surface area contributed by atoms with Crippen molar-refractivity contribution in [1.29, 1.82) is 0 Å². The number of aromatic hydroxyl groups is 1. The average molecular weight is 569 g/mol. The lowest BCUT2D eigenvalue weighted by Gasteiger charge is -2.18. The number of alkyl halides is 2. The van der Waals surface area contributed by atoms with Gasteiger partial charge in [0.1, 0.15) is 11.5 Å². The first-order valence-corrected chi connectivity index (χ1v) is 15.4. The molecule has 1 fully saturated rings. The van der Waals surface area contributed by atoms with Crippen molar-refractivity contribution in [2.75, 3.05) is 6.67 Å². The molecular formula is C38H42F2O2. The third-order valence-corrected chi connectivity index (χ3v) is 8.70. The van der Waals surface area contributed by atoms with Gasteiger partial charge in [-0.2, -0.15) is 4.39 Å². The van der Waals surface area contributed by atoms with E-state index < -0.39 is 6.36 Å². The summed E-state index contributed by atoms with van der Waals surface area (Å²) in [6.45, 7) is 5.05. The number of halogens is 2. The van der Waals surface area contributed by atoms with Gasteiger partial charge in [-0.3, -0.25) is 4.39 Å². The Labute approximate surface area is 249 Å². The lowest BCUT2D eigenvalue weighted by molar-refractivity contribution is 0.103. The second kappa shape index (κ2) is 14.0. The van der Waals surface area contributed by atoms with Crippen molar-refractivity contribution in [3.63, 3.8) is 0 Å². The Morgan fingerprint density at radius 3 is 2.50 bits per heavy atom. The second-order valence-electron chi connectivity index (χ2n) is 12.0. The van der Waals surface area contributed by atoms with E-state index in [1.165, 1.54) is 36.0 Å². The normalized spacial score (nSPS) is 19.5. The molecule has 0 spiro atoms. The molecule has 0 aliphatic heterocycles. The summed E-state index contributed by atoms with van der Waals surface area (Å²) in [6, 6.07) is 22.1. The molecule has 220 valence electrons. The second-order valence-corrected chi connectivity index (χ2v) is 12.0. The molecule has 0 aromatic heterocycles. The van der Waals surface area contributed by atoms with E-state index in [-0.39, 0.29) is 12.4 Å². The summed E-state index contributed by atoms with van der Waals surface area (Å²) in [6.07, 6.45) is 12.3. The molecule has 0 radical (unpaired) electrons. The summed E-state index contributed by atoms with van der Waals surface area (Å²) in [5.74, 6) is 2.10. The van der Waals surface area contributed by atoms with Gasteiger partial charge in [-0.25, -0.2) is 0 Å². The Kier molecular flexibility index (Phi) is 9.94. The maximum absolute atomic E-state index is 14.1. The molecule has 4 heteroatoms. The van der Waals surface area contributed by atoms with Gasteiger partial charge < -0.3 is 9.84 Å². The van der Waals surface area contributed by atoms with Crippen LogP contribution in [0.4, 0.5) is 8.78 Å². The molecule has 3 aromatic carbocycles. The lowest BCUT2D eigenvalue weighted by Crippen LogP contribution is -2.10. The molecule has 5 rings (SSSR count). The van der Waals surface area contributed by atoms with E-state index in [0.717, 1.165) is 60.3 Å². The highest BCUT2D eigenvalue weighted by molar-refractivity contribution is 6.00. The number of rotatable bonds is 11. The number of fused-ring (bicyclic) bond motifs is 1. The topological polar surface area (TPSA) is 29.5 Å². The van der Waals surface area contributed by atoms with Crippen molar-refractivity contribution in [1.82, 2.24) is 0 Å². The summed E-state index contributed by atoms with van der Waals surface area (Å²) in [5, 5.41) is 10.2. The van der Waals surface area contributed by atoms with Gasteiger partial charge in [-0.1, -0.05) is 74.0 Å². The van der Waals surface area contributed by atoms with E-state index in [2.05, 4.69) is 43.0 Å². The van der Waals surface area contributed by atoms with Crippen molar-refractivity contribution in [2.24, 2.45) is 11.8 Å². The number of aryl methyl sites for hydroxylation is 1. The van der Waals surface area contributed by atoms with Crippen LogP contribution in [-0.4, -0.2) is 18.1 Å². The van der Waals surface area contributed by atoms with Gasteiger partial charge >= 0.3 is 0 Å². The Morgan fingerprint density at radius 2 is 1.76 bits per heavy atom. The minimum atomic E-state index is -1.53. The Hall–Kier alpha value is -3.66. The molecule has 3 aromatic rings. The van der Waals surface area contributed by atoms with E-state index in [0.29, 0.717) is 23.7 Å². The number of allylic oxidation sites excluding steroid dienone is 2. The fraction of sp³-hybridized carbons (Fsp3) is 0.368. The molecule has 0 heterocycles. The summed E-state index contributed by atoms with van der Waals surface area (Å²) < 4.78 is 31.9. The van der Waals surface area contributed by atoms with Crippen LogP contribution >= 0.6 is 0 Å². The maximum atomic E-state index is 14.1. The van der Waals surface area contributed by atoms with Crippen LogP contribution in [0.1, 0.15) is 86.1 Å². The van der Waals surface area contributed by atoms with Crippen LogP contribution in [0.3, 0.4) is 0 Å². The molecule has 3 atom stereocenters. The van der Waals surface area contributed by atoms with Crippen LogP contribution < -0.4 is 4.74 Å². The SMILES string of the molecule is C=C(C)C(F)Oc1ccc(C2=C(c3ccc(/C=C/C4CCC(CCCCF)C4)cc3)c3ccc(O)cc3CCC2)cc1. The zero-order chi connectivity index (χ0) is 29.5. The fourth-order valence-corrected chi connectivity index (χ4v) is 6.43. The van der Waals surface area contributed by atoms with E-state index in [1.54, 1.807) is 13.0 Å². The minimum absolute atomic E-state index is 0.198. The summed E-state index contributed by atoms with van der Waals surface area (Å²) in [4.78, 5) is 0. The minimum Gasteiger partial charge on any atom is -0.508 e. The van der Waals surface area contributed by atoms with Crippen LogP contribution in [-0.2, 0) is 6.42 Å². The van der Waals surface area contributed by atoms with Crippen LogP contribution in [0, 0.1) is 11.8 Å². The van der Waals surface area contributed by atoms with Crippen molar-refractivity contribution in [3.8, 4) is 11.5 Å². The zero-order valence-corrected chi connectivity index (χ0v) is 24.6. The number of phenolic OH excluding ortho intramolecular Hbond substituents is 1. The van der Waals surface area contributed by atoms with Gasteiger partial charge in [-0.15, -0.1) is 0 Å². The predicted octanol–water partition coefficient (Wildman–Crippen LogP) is 10.5. The summed E-state index contributed by atoms with van der Waals surface area (Å²) in [7, 11) is 0. The first-order valence-electron chi connectivity index (χ1n) is 15.4. The first-order chi connectivity index (χ1) is 20.4. The molecule has 0 saturated heterocycles. The van der Waals surface area contributed by atoms with Crippen molar-refractivity contribution in [2.45, 2.75) is 71.1 Å². The number of phenols is 1. The van der Waals surface area contributed by atoms with E-state index in [4.69, 9.17) is 4.74 Å². The number of benzene rings is 3. The molecule has 1 saturated carbocycles. The first kappa shape index (κ1) is 29.8. The number of ether oxygens (including phenoxy) is 1. The zero-order valence-electron chi connectivity index (χ0n) is 24.6. The van der Waals surface area contributed by atoms with E-state index >= 15 is 0 Å². The largest absolute Gasteiger partial charge is 0.508 e. The Bertz CT molecular complexity index is 1420. The molecule has 42 heavy (non-hydrogen) atoms. The van der Waals surface area contributed by atoms with Gasteiger partial charge in [0.15, 0.2) is 0 Å². The Balaban J connectivity index is 1.41. The van der Waals surface area contributed by atoms with Gasteiger partial charge in [0.05, 0.1) is 6.67 Å². The van der Waals surface area contributed by atoms with Gasteiger partial charge in [-0.05, 0) is 133 Å². The smallest absolute Gasteiger partial charge is 0.259 e. The van der Waals surface area contributed by atoms with Crippen molar-refractivity contribution >= 4 is 17.2 Å². The molecule has 3 unspecified atom stereocenters. The molecule has 2 aliphatic rings. The summed E-state index contributed by atoms with van der Waals surface area (Å²) in [5.41, 5.74) is 8.42. The van der Waals surface area contributed by atoms with E-state index in [9.17, 15) is 13.9 Å².